The molecule has 1 unspecified atom stereocenters. The summed E-state index contributed by atoms with van der Waals surface area (Å²) in [6.07, 6.45) is 2.44. The van der Waals surface area contributed by atoms with Gasteiger partial charge in [0, 0.05) is 32.3 Å². The summed E-state index contributed by atoms with van der Waals surface area (Å²) in [7, 11) is 1.72. The van der Waals surface area contributed by atoms with Gasteiger partial charge in [-0.2, -0.15) is 0 Å². The van der Waals surface area contributed by atoms with Gasteiger partial charge in [0.2, 0.25) is 0 Å². The maximum Gasteiger partial charge on any atom is 0.0640 e. The van der Waals surface area contributed by atoms with Crippen LogP contribution in [0, 0.1) is 0 Å². The molecule has 0 radical (unpaired) electrons. The van der Waals surface area contributed by atoms with Crippen molar-refractivity contribution < 1.29 is 4.74 Å². The van der Waals surface area contributed by atoms with Crippen LogP contribution in [-0.4, -0.2) is 37.7 Å². The van der Waals surface area contributed by atoms with Crippen LogP contribution in [0.5, 0.6) is 0 Å². The number of halogens is 2. The normalized spacial score (nSPS) is 16.9. The molecule has 0 bridgehead atoms. The monoisotopic (exact) mass is 302 g/mol. The van der Waals surface area contributed by atoms with Crippen molar-refractivity contribution in [3.05, 3.63) is 33.8 Å². The van der Waals surface area contributed by atoms with Gasteiger partial charge < -0.3 is 10.5 Å². The molecule has 0 aliphatic heterocycles. The summed E-state index contributed by atoms with van der Waals surface area (Å²) >= 11 is 12.4. The number of nitrogens with two attached hydrogens (primary N) is 1. The molecule has 2 rings (SSSR count). The van der Waals surface area contributed by atoms with E-state index in [-0.39, 0.29) is 6.04 Å². The highest BCUT2D eigenvalue weighted by Crippen LogP contribution is 2.37. The highest BCUT2D eigenvalue weighted by atomic mass is 35.5. The summed E-state index contributed by atoms with van der Waals surface area (Å²) in [4.78, 5) is 2.39. The molecule has 106 valence electrons. The van der Waals surface area contributed by atoms with Gasteiger partial charge in [0.1, 0.15) is 0 Å². The molecule has 1 aliphatic carbocycles. The first-order valence-electron chi connectivity index (χ1n) is 6.57. The van der Waals surface area contributed by atoms with E-state index in [1.807, 2.05) is 12.1 Å². The Morgan fingerprint density at radius 1 is 1.42 bits per heavy atom. The van der Waals surface area contributed by atoms with Crippen LogP contribution in [0.15, 0.2) is 18.2 Å². The van der Waals surface area contributed by atoms with Gasteiger partial charge >= 0.3 is 0 Å². The van der Waals surface area contributed by atoms with Crippen LogP contribution < -0.4 is 5.73 Å². The van der Waals surface area contributed by atoms with E-state index in [9.17, 15) is 0 Å². The van der Waals surface area contributed by atoms with Gasteiger partial charge in [-0.05, 0) is 24.5 Å². The van der Waals surface area contributed by atoms with Crippen molar-refractivity contribution in [1.29, 1.82) is 0 Å². The highest BCUT2D eigenvalue weighted by Gasteiger charge is 2.34. The van der Waals surface area contributed by atoms with E-state index in [4.69, 9.17) is 33.7 Å². The van der Waals surface area contributed by atoms with Crippen LogP contribution in [0.3, 0.4) is 0 Å². The lowest BCUT2D eigenvalue weighted by atomic mass is 10.0. The molecule has 0 aromatic heterocycles. The van der Waals surface area contributed by atoms with Gasteiger partial charge in [0.15, 0.2) is 0 Å². The molecule has 2 N–H and O–H groups in total. The fourth-order valence-electron chi connectivity index (χ4n) is 2.41. The molecule has 3 nitrogen and oxygen atoms in total. The van der Waals surface area contributed by atoms with Gasteiger partial charge in [-0.1, -0.05) is 35.3 Å². The van der Waals surface area contributed by atoms with E-state index in [2.05, 4.69) is 4.90 Å². The molecule has 5 heteroatoms. The van der Waals surface area contributed by atoms with Crippen molar-refractivity contribution in [3.63, 3.8) is 0 Å². The van der Waals surface area contributed by atoms with Crippen LogP contribution in [0.4, 0.5) is 0 Å². The zero-order valence-electron chi connectivity index (χ0n) is 11.1. The smallest absolute Gasteiger partial charge is 0.0640 e. The van der Waals surface area contributed by atoms with Crippen LogP contribution in [0.1, 0.15) is 24.4 Å². The topological polar surface area (TPSA) is 38.5 Å². The second kappa shape index (κ2) is 6.91. The van der Waals surface area contributed by atoms with E-state index >= 15 is 0 Å². The molecule has 19 heavy (non-hydrogen) atoms. The minimum Gasteiger partial charge on any atom is -0.383 e. The summed E-state index contributed by atoms with van der Waals surface area (Å²) in [6.45, 7) is 2.09. The number of hydrogen-bond acceptors (Lipinski definition) is 3. The Balaban J connectivity index is 2.23. The van der Waals surface area contributed by atoms with Crippen LogP contribution in [0.2, 0.25) is 10.0 Å². The second-order valence-electron chi connectivity index (χ2n) is 4.86. The Labute approximate surface area is 124 Å². The quantitative estimate of drug-likeness (QED) is 0.841. The number of ether oxygens (including phenoxy) is 1. The molecule has 0 amide bonds. The molecule has 1 atom stereocenters. The Bertz CT molecular complexity index is 424. The first-order valence-corrected chi connectivity index (χ1v) is 7.33. The standard InChI is InChI=1S/C14H20Cl2N2O/c1-19-8-7-18(10-5-6-10)13(9-17)11-3-2-4-12(15)14(11)16/h2-4,10,13H,5-9,17H2,1H3. The summed E-state index contributed by atoms with van der Waals surface area (Å²) in [6, 6.07) is 6.44. The Hall–Kier alpha value is -0.320. The maximum absolute atomic E-state index is 6.32. The average molecular weight is 303 g/mol. The van der Waals surface area contributed by atoms with Crippen molar-refractivity contribution >= 4 is 23.2 Å². The number of nitrogens with zero attached hydrogens (tertiary/aromatic N) is 1. The minimum absolute atomic E-state index is 0.105. The fourth-order valence-corrected chi connectivity index (χ4v) is 2.85. The van der Waals surface area contributed by atoms with Crippen LogP contribution >= 0.6 is 23.2 Å². The predicted molar refractivity (Wildman–Crippen MR) is 79.9 cm³/mol. The molecule has 0 heterocycles. The van der Waals surface area contributed by atoms with Crippen molar-refractivity contribution in [3.8, 4) is 0 Å². The Morgan fingerprint density at radius 2 is 2.16 bits per heavy atom. The van der Waals surface area contributed by atoms with Crippen molar-refractivity contribution in [2.75, 3.05) is 26.8 Å². The van der Waals surface area contributed by atoms with Crippen LogP contribution in [-0.2, 0) is 4.74 Å². The summed E-state index contributed by atoms with van der Waals surface area (Å²) in [5, 5.41) is 1.20. The molecule has 1 aromatic carbocycles. The van der Waals surface area contributed by atoms with E-state index in [1.165, 1.54) is 12.8 Å². The van der Waals surface area contributed by atoms with Gasteiger partial charge in [0.05, 0.1) is 16.7 Å². The van der Waals surface area contributed by atoms with Gasteiger partial charge in [-0.3, -0.25) is 4.90 Å². The molecular weight excluding hydrogens is 283 g/mol. The summed E-state index contributed by atoms with van der Waals surface area (Å²) < 4.78 is 5.19. The number of methoxy groups -OCH3 is 1. The van der Waals surface area contributed by atoms with Crippen molar-refractivity contribution in [2.45, 2.75) is 24.9 Å². The highest BCUT2D eigenvalue weighted by molar-refractivity contribution is 6.42. The first kappa shape index (κ1) is 15.1. The zero-order valence-corrected chi connectivity index (χ0v) is 12.6. The van der Waals surface area contributed by atoms with E-state index < -0.39 is 0 Å². The third-order valence-electron chi connectivity index (χ3n) is 3.53. The summed E-state index contributed by atoms with van der Waals surface area (Å²) in [5.74, 6) is 0. The van der Waals surface area contributed by atoms with E-state index in [1.54, 1.807) is 13.2 Å². The lowest BCUT2D eigenvalue weighted by Gasteiger charge is -2.31. The Kier molecular flexibility index (Phi) is 5.48. The third-order valence-corrected chi connectivity index (χ3v) is 4.37. The zero-order chi connectivity index (χ0) is 13.8. The minimum atomic E-state index is 0.105. The SMILES string of the molecule is COCCN(C1CC1)C(CN)c1cccc(Cl)c1Cl. The molecular formula is C14H20Cl2N2O. The maximum atomic E-state index is 6.32. The number of hydrogen-bond donors (Lipinski definition) is 1. The lowest BCUT2D eigenvalue weighted by Crippen LogP contribution is -2.37. The average Bonchev–Trinajstić information content (AvgIpc) is 3.23. The summed E-state index contributed by atoms with van der Waals surface area (Å²) in [5.41, 5.74) is 6.99. The lowest BCUT2D eigenvalue weighted by molar-refractivity contribution is 0.115. The Morgan fingerprint density at radius 3 is 2.74 bits per heavy atom. The van der Waals surface area contributed by atoms with Gasteiger partial charge in [-0.25, -0.2) is 0 Å². The van der Waals surface area contributed by atoms with Gasteiger partial charge in [0.25, 0.3) is 0 Å². The largest absolute Gasteiger partial charge is 0.383 e. The van der Waals surface area contributed by atoms with Crippen LogP contribution in [0.25, 0.3) is 0 Å². The molecule has 1 aliphatic rings. The molecule has 0 spiro atoms. The van der Waals surface area contributed by atoms with Crippen molar-refractivity contribution in [2.24, 2.45) is 5.73 Å². The second-order valence-corrected chi connectivity index (χ2v) is 5.64. The molecule has 0 saturated heterocycles. The molecule has 1 saturated carbocycles. The van der Waals surface area contributed by atoms with Gasteiger partial charge in [-0.15, -0.1) is 0 Å². The van der Waals surface area contributed by atoms with Crippen molar-refractivity contribution in [1.82, 2.24) is 4.90 Å². The number of rotatable bonds is 7. The fraction of sp³-hybridized carbons (Fsp3) is 0.571. The molecule has 1 aromatic rings. The van der Waals surface area contributed by atoms with E-state index in [0.717, 1.165) is 12.1 Å². The number of benzene rings is 1. The first-order chi connectivity index (χ1) is 9.19. The van der Waals surface area contributed by atoms with E-state index in [0.29, 0.717) is 29.2 Å². The molecule has 1 fully saturated rings. The third kappa shape index (κ3) is 3.61. The predicted octanol–water partition coefficient (Wildman–Crippen LogP) is 3.10.